The number of nitrogens with one attached hydrogen (secondary N) is 1. The molecular weight excluding hydrogens is 632 g/mol. The first kappa shape index (κ1) is 46.8. The number of halogens is 3. The maximum Gasteiger partial charge on any atom is 0.317 e. The molecule has 0 fully saturated rings. The lowest BCUT2D eigenvalue weighted by Gasteiger charge is -2.28. The van der Waals surface area contributed by atoms with Crippen LogP contribution >= 0.6 is 11.6 Å². The first-order valence-electron chi connectivity index (χ1n) is 16.8. The molecule has 0 atom stereocenters. The van der Waals surface area contributed by atoms with Gasteiger partial charge in [-0.05, 0) is 108 Å². The van der Waals surface area contributed by atoms with E-state index < -0.39 is 5.82 Å². The Morgan fingerprint density at radius 3 is 1.88 bits per heavy atom. The van der Waals surface area contributed by atoms with Gasteiger partial charge in [0.1, 0.15) is 23.2 Å². The van der Waals surface area contributed by atoms with Gasteiger partial charge in [-0.1, -0.05) is 81.8 Å². The third-order valence-corrected chi connectivity index (χ3v) is 7.37. The van der Waals surface area contributed by atoms with E-state index in [-0.39, 0.29) is 41.0 Å². The van der Waals surface area contributed by atoms with Crippen molar-refractivity contribution in [3.05, 3.63) is 88.5 Å². The van der Waals surface area contributed by atoms with E-state index in [9.17, 15) is 23.2 Å². The van der Waals surface area contributed by atoms with E-state index >= 15 is 0 Å². The minimum absolute atomic E-state index is 0.0184. The molecule has 0 bridgehead atoms. The highest BCUT2D eigenvalue weighted by Gasteiger charge is 2.21. The first-order chi connectivity index (χ1) is 22.6. The molecule has 0 aliphatic rings. The summed E-state index contributed by atoms with van der Waals surface area (Å²) in [6.45, 7) is 21.6. The summed E-state index contributed by atoms with van der Waals surface area (Å²) >= 11 is 5.87. The van der Waals surface area contributed by atoms with Crippen LogP contribution in [0.4, 0.5) is 13.6 Å². The zero-order chi connectivity index (χ0) is 37.2. The zero-order valence-electron chi connectivity index (χ0n) is 31.0. The van der Waals surface area contributed by atoms with Crippen molar-refractivity contribution in [2.24, 2.45) is 0 Å². The first-order valence-corrected chi connectivity index (χ1v) is 17.2. The van der Waals surface area contributed by atoms with Crippen molar-refractivity contribution < 1.29 is 23.2 Å². The molecular formula is C39H60ClF2N3O3. The van der Waals surface area contributed by atoms with Crippen molar-refractivity contribution in [3.8, 4) is 0 Å². The Morgan fingerprint density at radius 2 is 1.42 bits per heavy atom. The number of carbonyl (C=O) groups excluding carboxylic acids is 3. The molecule has 0 radical (unpaired) electrons. The standard InChI is InChI=1S/C18H24ClFN2O3.C12H13F.C7H17N.C2H6/c1-12(23)7-9-15(10-8-13(2)24)22(3)18(25)21-11-14-5-4-6-16(20)17(14)19;1-9(2)7-10(3)11-5-4-6-12(13)8-11;1-4-6-8(3)7-5-2;1-2/h4-6,15H,7-11H2,1-3H3,(H,21,25);4-8H,1H2,2-3H3;4-7H2,1-3H3;1-2H3/b;10-7+;;. The number of hydrogen-bond acceptors (Lipinski definition) is 4. The van der Waals surface area contributed by atoms with Gasteiger partial charge in [0.15, 0.2) is 0 Å². The van der Waals surface area contributed by atoms with Gasteiger partial charge in [0.2, 0.25) is 0 Å². The minimum Gasteiger partial charge on any atom is -0.334 e. The Balaban J connectivity index is 0. The van der Waals surface area contributed by atoms with Crippen LogP contribution in [-0.4, -0.2) is 60.6 Å². The molecule has 2 aromatic carbocycles. The minimum atomic E-state index is -0.539. The van der Waals surface area contributed by atoms with Gasteiger partial charge in [-0.2, -0.15) is 0 Å². The number of carbonyl (C=O) groups is 3. The molecule has 2 aromatic rings. The van der Waals surface area contributed by atoms with E-state index in [0.29, 0.717) is 31.2 Å². The number of nitrogens with zero attached hydrogens (tertiary/aromatic N) is 2. The lowest BCUT2D eigenvalue weighted by Crippen LogP contribution is -2.43. The Kier molecular flexibility index (Phi) is 26.9. The average molecular weight is 692 g/mol. The van der Waals surface area contributed by atoms with E-state index in [4.69, 9.17) is 11.6 Å². The Hall–Kier alpha value is -3.36. The third kappa shape index (κ3) is 22.3. The van der Waals surface area contributed by atoms with Crippen LogP contribution < -0.4 is 5.32 Å². The SMILES string of the molecule is C=C(C)/C=C(\C)c1cccc(F)c1.CC.CC(=O)CCC(CCC(C)=O)N(C)C(=O)NCc1cccc(F)c1Cl.CCCN(C)CCC. The van der Waals surface area contributed by atoms with E-state index in [1.54, 1.807) is 19.2 Å². The lowest BCUT2D eigenvalue weighted by molar-refractivity contribution is -0.117. The van der Waals surface area contributed by atoms with Gasteiger partial charge in [-0.25, -0.2) is 13.6 Å². The highest BCUT2D eigenvalue weighted by Crippen LogP contribution is 2.20. The van der Waals surface area contributed by atoms with Crippen molar-refractivity contribution in [2.75, 3.05) is 27.2 Å². The molecule has 9 heteroatoms. The number of urea groups is 1. The van der Waals surface area contributed by atoms with Crippen LogP contribution in [0.3, 0.4) is 0 Å². The Morgan fingerprint density at radius 1 is 0.896 bits per heavy atom. The molecule has 2 rings (SSSR count). The number of rotatable bonds is 15. The fourth-order valence-corrected chi connectivity index (χ4v) is 4.67. The third-order valence-electron chi connectivity index (χ3n) is 6.94. The summed E-state index contributed by atoms with van der Waals surface area (Å²) in [7, 11) is 3.79. The highest BCUT2D eigenvalue weighted by atomic mass is 35.5. The molecule has 270 valence electrons. The molecule has 0 aliphatic heterocycles. The fourth-order valence-electron chi connectivity index (χ4n) is 4.48. The van der Waals surface area contributed by atoms with Crippen molar-refractivity contribution in [1.82, 2.24) is 15.1 Å². The van der Waals surface area contributed by atoms with Gasteiger partial charge in [0, 0.05) is 32.5 Å². The molecule has 1 N–H and O–H groups in total. The van der Waals surface area contributed by atoms with Gasteiger partial charge in [-0.3, -0.25) is 0 Å². The summed E-state index contributed by atoms with van der Waals surface area (Å²) in [5, 5.41) is 2.67. The average Bonchev–Trinajstić information content (AvgIpc) is 3.02. The second-order valence-corrected chi connectivity index (χ2v) is 12.0. The number of benzene rings is 2. The van der Waals surface area contributed by atoms with Crippen molar-refractivity contribution in [3.63, 3.8) is 0 Å². The highest BCUT2D eigenvalue weighted by molar-refractivity contribution is 6.31. The fraction of sp³-hybridized carbons (Fsp3) is 0.513. The normalized spacial score (nSPS) is 10.5. The summed E-state index contributed by atoms with van der Waals surface area (Å²) in [5.74, 6) is -0.670. The van der Waals surface area contributed by atoms with Gasteiger partial charge < -0.3 is 24.7 Å². The number of amides is 2. The quantitative estimate of drug-likeness (QED) is 0.189. The van der Waals surface area contributed by atoms with Crippen LogP contribution in [0.15, 0.2) is 60.7 Å². The maximum absolute atomic E-state index is 13.4. The largest absolute Gasteiger partial charge is 0.334 e. The number of allylic oxidation sites excluding steroid dienone is 3. The summed E-state index contributed by atoms with van der Waals surface area (Å²) in [6, 6.07) is 10.4. The van der Waals surface area contributed by atoms with Gasteiger partial charge in [0.05, 0.1) is 5.02 Å². The van der Waals surface area contributed by atoms with Crippen molar-refractivity contribution >= 4 is 34.8 Å². The van der Waals surface area contributed by atoms with E-state index in [1.165, 1.54) is 68.9 Å². The topological polar surface area (TPSA) is 69.7 Å². The van der Waals surface area contributed by atoms with Crippen LogP contribution in [0.25, 0.3) is 5.57 Å². The summed E-state index contributed by atoms with van der Waals surface area (Å²) in [6.07, 6.45) is 6.16. The molecule has 0 saturated carbocycles. The Bertz CT molecular complexity index is 1260. The van der Waals surface area contributed by atoms with Gasteiger partial charge >= 0.3 is 6.03 Å². The summed E-state index contributed by atoms with van der Waals surface area (Å²) in [4.78, 5) is 38.6. The van der Waals surface area contributed by atoms with Crippen molar-refractivity contribution in [1.29, 1.82) is 0 Å². The van der Waals surface area contributed by atoms with Gasteiger partial charge in [-0.15, -0.1) is 0 Å². The van der Waals surface area contributed by atoms with Crippen LogP contribution in [0.2, 0.25) is 5.02 Å². The monoisotopic (exact) mass is 691 g/mol. The molecule has 0 spiro atoms. The molecule has 0 aliphatic carbocycles. The van der Waals surface area contributed by atoms with Gasteiger partial charge in [0.25, 0.3) is 0 Å². The lowest BCUT2D eigenvalue weighted by atomic mass is 10.0. The van der Waals surface area contributed by atoms with E-state index in [2.05, 4.69) is 37.7 Å². The van der Waals surface area contributed by atoms with Crippen LogP contribution in [0.1, 0.15) is 105 Å². The zero-order valence-corrected chi connectivity index (χ0v) is 31.8. The number of ketones is 2. The Labute approximate surface area is 294 Å². The molecule has 0 unspecified atom stereocenters. The maximum atomic E-state index is 13.4. The molecule has 48 heavy (non-hydrogen) atoms. The number of Topliss-reactive ketones (excluding diaryl/α,β-unsaturated/α-hetero) is 2. The molecule has 2 amide bonds. The summed E-state index contributed by atoms with van der Waals surface area (Å²) < 4.78 is 26.2. The summed E-state index contributed by atoms with van der Waals surface area (Å²) in [5.41, 5.74) is 3.39. The second kappa shape index (κ2) is 27.6. The molecule has 6 nitrogen and oxygen atoms in total. The molecule has 0 heterocycles. The smallest absolute Gasteiger partial charge is 0.317 e. The molecule has 0 saturated heterocycles. The van der Waals surface area contributed by atoms with E-state index in [1.807, 2.05) is 39.8 Å². The van der Waals surface area contributed by atoms with Crippen LogP contribution in [-0.2, 0) is 16.1 Å². The second-order valence-electron chi connectivity index (χ2n) is 11.6. The predicted molar refractivity (Wildman–Crippen MR) is 199 cm³/mol. The van der Waals surface area contributed by atoms with Crippen LogP contribution in [0.5, 0.6) is 0 Å². The van der Waals surface area contributed by atoms with E-state index in [0.717, 1.165) is 16.7 Å². The molecule has 0 aromatic heterocycles. The van der Waals surface area contributed by atoms with Crippen LogP contribution in [0, 0.1) is 11.6 Å². The van der Waals surface area contributed by atoms with Crippen molar-refractivity contribution in [2.45, 2.75) is 107 Å². The number of hydrogen-bond donors (Lipinski definition) is 1. The predicted octanol–water partition coefficient (Wildman–Crippen LogP) is 10.3.